The van der Waals surface area contributed by atoms with E-state index in [1.165, 1.54) is 18.2 Å². The van der Waals surface area contributed by atoms with Gasteiger partial charge in [0.1, 0.15) is 6.04 Å². The topological polar surface area (TPSA) is 156 Å². The molecule has 2 aromatic heterocycles. The number of nitrogens with zero attached hydrogens (tertiary/aromatic N) is 3. The van der Waals surface area contributed by atoms with E-state index in [0.717, 1.165) is 9.87 Å². The van der Waals surface area contributed by atoms with Crippen molar-refractivity contribution < 1.29 is 23.1 Å². The van der Waals surface area contributed by atoms with Gasteiger partial charge < -0.3 is 5.11 Å². The molecule has 1 aliphatic rings. The number of pyridine rings is 2. The number of carboxylic acids is 1. The van der Waals surface area contributed by atoms with E-state index >= 15 is 0 Å². The number of hydrogen-bond donors (Lipinski definition) is 3. The quantitative estimate of drug-likeness (QED) is 0.142. The Kier molecular flexibility index (Phi) is 7.51. The third-order valence-corrected chi connectivity index (χ3v) is 8.76. The van der Waals surface area contributed by atoms with Gasteiger partial charge in [0.2, 0.25) is 10.0 Å². The predicted octanol–water partition coefficient (Wildman–Crippen LogP) is 3.19. The van der Waals surface area contributed by atoms with E-state index in [0.29, 0.717) is 39.7 Å². The Hall–Kier alpha value is -4.34. The van der Waals surface area contributed by atoms with E-state index in [2.05, 4.69) is 27.2 Å². The molecule has 40 heavy (non-hydrogen) atoms. The number of nitrogens with two attached hydrogens (primary N) is 1. The van der Waals surface area contributed by atoms with E-state index < -0.39 is 27.9 Å². The van der Waals surface area contributed by atoms with Crippen LogP contribution in [0.2, 0.25) is 5.02 Å². The van der Waals surface area contributed by atoms with Crippen molar-refractivity contribution in [2.45, 2.75) is 23.8 Å². The minimum Gasteiger partial charge on any atom is -0.480 e. The zero-order valence-corrected chi connectivity index (χ0v) is 22.4. The van der Waals surface area contributed by atoms with Crippen molar-refractivity contribution >= 4 is 44.4 Å². The second-order valence-electron chi connectivity index (χ2n) is 9.00. The Labute approximate surface area is 234 Å². The van der Waals surface area contributed by atoms with Crippen LogP contribution in [0.25, 0.3) is 22.2 Å². The normalized spacial score (nSPS) is 15.4. The Morgan fingerprint density at radius 2 is 1.88 bits per heavy atom. The van der Waals surface area contributed by atoms with Crippen molar-refractivity contribution in [3.63, 3.8) is 0 Å². The molecule has 10 nitrogen and oxygen atoms in total. The molecule has 0 spiro atoms. The van der Waals surface area contributed by atoms with Gasteiger partial charge in [-0.15, -0.1) is 0 Å². The maximum Gasteiger partial charge on any atom is 0.322 e. The minimum atomic E-state index is -4.02. The number of carbonyl (C=O) groups is 2. The molecule has 4 aromatic rings. The van der Waals surface area contributed by atoms with Gasteiger partial charge in [-0.05, 0) is 55.3 Å². The lowest BCUT2D eigenvalue weighted by molar-refractivity contribution is -0.140. The largest absolute Gasteiger partial charge is 0.480 e. The van der Waals surface area contributed by atoms with Crippen LogP contribution in [0.15, 0.2) is 71.9 Å². The molecule has 4 N–H and O–H groups in total. The zero-order chi connectivity index (χ0) is 28.4. The zero-order valence-electron chi connectivity index (χ0n) is 20.8. The van der Waals surface area contributed by atoms with Crippen LogP contribution >= 0.6 is 11.6 Å². The summed E-state index contributed by atoms with van der Waals surface area (Å²) in [6.45, 7) is 0.141. The summed E-state index contributed by atoms with van der Waals surface area (Å²) < 4.78 is 27.0. The number of aliphatic carboxylic acids is 1. The molecule has 12 heteroatoms. The summed E-state index contributed by atoms with van der Waals surface area (Å²) in [6, 6.07) is 13.6. The van der Waals surface area contributed by atoms with Crippen LogP contribution in [-0.4, -0.2) is 52.3 Å². The monoisotopic (exact) mass is 575 g/mol. The van der Waals surface area contributed by atoms with Crippen LogP contribution in [0.1, 0.15) is 34.3 Å². The van der Waals surface area contributed by atoms with Gasteiger partial charge in [-0.1, -0.05) is 35.6 Å². The SMILES string of the molecule is NNC(=O)c1cc(-c2ccc(C#Cc3ccc(S(=O)(=O)N4CCC[C@@H]4C(=O)O)cc3Cl)cc2)nc2ccncc12. The molecule has 1 atom stereocenters. The Morgan fingerprint density at radius 1 is 1.10 bits per heavy atom. The molecule has 1 amide bonds. The van der Waals surface area contributed by atoms with Gasteiger partial charge in [0.05, 0.1) is 26.7 Å². The maximum absolute atomic E-state index is 13.0. The highest BCUT2D eigenvalue weighted by Crippen LogP contribution is 2.29. The summed E-state index contributed by atoms with van der Waals surface area (Å²) in [7, 11) is -4.02. The van der Waals surface area contributed by atoms with Gasteiger partial charge in [-0.2, -0.15) is 4.31 Å². The smallest absolute Gasteiger partial charge is 0.322 e. The summed E-state index contributed by atoms with van der Waals surface area (Å²) in [5.41, 5.74) is 5.50. The molecule has 0 aliphatic carbocycles. The van der Waals surface area contributed by atoms with Crippen LogP contribution in [-0.2, 0) is 14.8 Å². The van der Waals surface area contributed by atoms with Crippen LogP contribution in [0, 0.1) is 11.8 Å². The fraction of sp³-hybridized carbons (Fsp3) is 0.143. The molecule has 0 radical (unpaired) electrons. The van der Waals surface area contributed by atoms with Crippen LogP contribution in [0.3, 0.4) is 0 Å². The first kappa shape index (κ1) is 27.2. The number of hydrazine groups is 1. The number of rotatable bonds is 5. The first-order valence-corrected chi connectivity index (χ1v) is 13.9. The number of sulfonamides is 1. The maximum atomic E-state index is 13.0. The number of hydrogen-bond acceptors (Lipinski definition) is 7. The Balaban J connectivity index is 1.39. The number of nitrogens with one attached hydrogen (secondary N) is 1. The van der Waals surface area contributed by atoms with Gasteiger partial charge in [-0.25, -0.2) is 19.2 Å². The number of benzene rings is 2. The van der Waals surface area contributed by atoms with Crippen molar-refractivity contribution in [2.24, 2.45) is 5.84 Å². The third-order valence-electron chi connectivity index (χ3n) is 6.54. The third kappa shape index (κ3) is 5.25. The number of halogens is 1. The number of aromatic nitrogens is 2. The Bertz CT molecular complexity index is 1820. The summed E-state index contributed by atoms with van der Waals surface area (Å²) in [5, 5.41) is 10.1. The summed E-state index contributed by atoms with van der Waals surface area (Å²) in [5.74, 6) is 9.67. The summed E-state index contributed by atoms with van der Waals surface area (Å²) in [6.07, 6.45) is 3.89. The van der Waals surface area contributed by atoms with E-state index in [1.54, 1.807) is 36.7 Å². The van der Waals surface area contributed by atoms with E-state index in [-0.39, 0.29) is 22.9 Å². The van der Waals surface area contributed by atoms with Crippen molar-refractivity contribution in [3.8, 4) is 23.1 Å². The lowest BCUT2D eigenvalue weighted by Gasteiger charge is -2.21. The number of amides is 1. The molecule has 202 valence electrons. The van der Waals surface area contributed by atoms with Crippen molar-refractivity contribution in [1.29, 1.82) is 0 Å². The molecule has 0 saturated carbocycles. The van der Waals surface area contributed by atoms with Gasteiger partial charge in [0.25, 0.3) is 5.91 Å². The fourth-order valence-corrected chi connectivity index (χ4v) is 6.48. The van der Waals surface area contributed by atoms with Gasteiger partial charge in [0.15, 0.2) is 0 Å². The van der Waals surface area contributed by atoms with E-state index in [1.807, 2.05) is 12.1 Å². The lowest BCUT2D eigenvalue weighted by atomic mass is 10.0. The van der Waals surface area contributed by atoms with Crippen LogP contribution in [0.4, 0.5) is 0 Å². The average Bonchev–Trinajstić information content (AvgIpc) is 3.47. The molecule has 1 fully saturated rings. The predicted molar refractivity (Wildman–Crippen MR) is 149 cm³/mol. The number of fused-ring (bicyclic) bond motifs is 1. The lowest BCUT2D eigenvalue weighted by Crippen LogP contribution is -2.40. The van der Waals surface area contributed by atoms with E-state index in [4.69, 9.17) is 17.4 Å². The number of nitrogen functional groups attached to an aromatic ring is 1. The minimum absolute atomic E-state index is 0.0816. The molecule has 0 bridgehead atoms. The van der Waals surface area contributed by atoms with Gasteiger partial charge >= 0.3 is 5.97 Å². The fourth-order valence-electron chi connectivity index (χ4n) is 4.51. The van der Waals surface area contributed by atoms with Gasteiger partial charge in [0, 0.05) is 41.0 Å². The molecule has 1 aliphatic heterocycles. The first-order valence-electron chi connectivity index (χ1n) is 12.1. The van der Waals surface area contributed by atoms with E-state index in [9.17, 15) is 23.1 Å². The molecule has 3 heterocycles. The standard InChI is InChI=1S/C28H22ClN5O5S/c29-23-14-20(40(38,39)34-13-1-2-26(34)28(36)37)10-9-18(23)6-3-17-4-7-19(8-5-17)25-15-21(27(35)33-30)22-16-31-12-11-24(22)32-25/h4-5,7-12,14-16,26H,1-2,13,30H2,(H,33,35)(H,36,37)/t26-/m1/s1. The second-order valence-corrected chi connectivity index (χ2v) is 11.3. The average molecular weight is 576 g/mol. The first-order chi connectivity index (χ1) is 19.2. The van der Waals surface area contributed by atoms with Crippen LogP contribution < -0.4 is 11.3 Å². The molecule has 0 unspecified atom stereocenters. The van der Waals surface area contributed by atoms with Crippen molar-refractivity contribution in [2.75, 3.05) is 6.54 Å². The molecule has 1 saturated heterocycles. The highest BCUT2D eigenvalue weighted by molar-refractivity contribution is 7.89. The van der Waals surface area contributed by atoms with Crippen LogP contribution in [0.5, 0.6) is 0 Å². The highest BCUT2D eigenvalue weighted by Gasteiger charge is 2.39. The summed E-state index contributed by atoms with van der Waals surface area (Å²) in [4.78, 5) is 32.4. The highest BCUT2D eigenvalue weighted by atomic mass is 35.5. The van der Waals surface area contributed by atoms with Crippen molar-refractivity contribution in [3.05, 3.63) is 88.7 Å². The number of carboxylic acid groups (broad SMARTS) is 1. The van der Waals surface area contributed by atoms with Gasteiger partial charge in [-0.3, -0.25) is 20.0 Å². The number of carbonyl (C=O) groups excluding carboxylic acids is 1. The van der Waals surface area contributed by atoms with Crippen molar-refractivity contribution in [1.82, 2.24) is 19.7 Å². The molecular formula is C28H22ClN5O5S. The second kappa shape index (κ2) is 11.0. The molecule has 5 rings (SSSR count). The molecular weight excluding hydrogens is 554 g/mol. The molecule has 2 aromatic carbocycles. The Morgan fingerprint density at radius 3 is 2.58 bits per heavy atom. The summed E-state index contributed by atoms with van der Waals surface area (Å²) >= 11 is 6.36.